The fourth-order valence-electron chi connectivity index (χ4n) is 5.33. The third-order valence-corrected chi connectivity index (χ3v) is 7.82. The summed E-state index contributed by atoms with van der Waals surface area (Å²) in [5.41, 5.74) is 2.67. The van der Waals surface area contributed by atoms with Crippen LogP contribution in [0.2, 0.25) is 10.0 Å². The molecule has 1 unspecified atom stereocenters. The van der Waals surface area contributed by atoms with Gasteiger partial charge in [0.05, 0.1) is 6.04 Å². The molecule has 0 saturated heterocycles. The first-order valence-electron chi connectivity index (χ1n) is 12.5. The highest BCUT2D eigenvalue weighted by molar-refractivity contribution is 6.35. The number of carbonyl (C=O) groups excluding carboxylic acids is 2. The van der Waals surface area contributed by atoms with Gasteiger partial charge in [0.2, 0.25) is 6.41 Å². The number of benzene rings is 2. The summed E-state index contributed by atoms with van der Waals surface area (Å²) < 4.78 is 0. The van der Waals surface area contributed by atoms with Gasteiger partial charge in [0, 0.05) is 21.3 Å². The maximum absolute atomic E-state index is 12.8. The van der Waals surface area contributed by atoms with Crippen LogP contribution in [0.25, 0.3) is 0 Å². The van der Waals surface area contributed by atoms with E-state index in [1.54, 1.807) is 6.07 Å². The number of nitrogens with zero attached hydrogens (tertiary/aromatic N) is 2. The highest BCUT2D eigenvalue weighted by Crippen LogP contribution is 2.44. The van der Waals surface area contributed by atoms with Crippen LogP contribution in [0.1, 0.15) is 93.7 Å². The molecule has 4 nitrogen and oxygen atoms in total. The monoisotopic (exact) mass is 514 g/mol. The third-order valence-electron chi connectivity index (χ3n) is 7.38. The second-order valence-electron chi connectivity index (χ2n) is 10.0. The Morgan fingerprint density at radius 3 is 2.17 bits per heavy atom. The summed E-state index contributed by atoms with van der Waals surface area (Å²) in [7, 11) is 0. The number of halogens is 2. The number of aliphatic imine (C=N–C) groups is 1. The highest BCUT2D eigenvalue weighted by Gasteiger charge is 2.43. The van der Waals surface area contributed by atoms with Gasteiger partial charge in [0.15, 0.2) is 0 Å². The molecule has 0 aromatic heterocycles. The van der Waals surface area contributed by atoms with E-state index >= 15 is 0 Å². The molecule has 1 saturated carbocycles. The third kappa shape index (κ3) is 6.54. The molecule has 1 amide bonds. The quantitative estimate of drug-likeness (QED) is 0.237. The lowest BCUT2D eigenvalue weighted by molar-refractivity contribution is -0.130. The van der Waals surface area contributed by atoms with Crippen molar-refractivity contribution in [3.05, 3.63) is 69.2 Å². The van der Waals surface area contributed by atoms with E-state index in [-0.39, 0.29) is 6.04 Å². The van der Waals surface area contributed by atoms with Crippen LogP contribution in [-0.4, -0.2) is 29.0 Å². The van der Waals surface area contributed by atoms with Gasteiger partial charge in [0.25, 0.3) is 0 Å². The standard InChI is InChI=1S/C29H36Cl2N2O2/c1-5-6-28(24-9-7-22(18-34)8-10-24)33(19-35)29(13-11-23(12-14-29)20(2)3)32-21(4)25-15-26(30)17-27(31)16-25/h7-10,15-20,23,28H,5-6,11-14H2,1-4H3/b32-21+. The molecule has 1 aliphatic carbocycles. The lowest BCUT2D eigenvalue weighted by Crippen LogP contribution is -2.51. The van der Waals surface area contributed by atoms with E-state index in [4.69, 9.17) is 28.2 Å². The van der Waals surface area contributed by atoms with Crippen LogP contribution < -0.4 is 0 Å². The minimum Gasteiger partial charge on any atom is -0.313 e. The zero-order valence-corrected chi connectivity index (χ0v) is 22.6. The molecule has 188 valence electrons. The van der Waals surface area contributed by atoms with E-state index < -0.39 is 5.66 Å². The molecule has 0 N–H and O–H groups in total. The van der Waals surface area contributed by atoms with Crippen molar-refractivity contribution in [2.24, 2.45) is 16.8 Å². The van der Waals surface area contributed by atoms with Crippen LogP contribution in [-0.2, 0) is 4.79 Å². The summed E-state index contributed by atoms with van der Waals surface area (Å²) in [6.45, 7) is 8.63. The molecule has 0 bridgehead atoms. The van der Waals surface area contributed by atoms with Crippen LogP contribution in [0.15, 0.2) is 47.5 Å². The zero-order chi connectivity index (χ0) is 25.6. The summed E-state index contributed by atoms with van der Waals surface area (Å²) in [6, 6.07) is 12.9. The lowest BCUT2D eigenvalue weighted by atomic mass is 9.75. The Kier molecular flexibility index (Phi) is 9.54. The summed E-state index contributed by atoms with van der Waals surface area (Å²) in [5, 5.41) is 1.12. The minimum absolute atomic E-state index is 0.131. The summed E-state index contributed by atoms with van der Waals surface area (Å²) in [6.07, 6.45) is 7.17. The van der Waals surface area contributed by atoms with Gasteiger partial charge < -0.3 is 4.90 Å². The minimum atomic E-state index is -0.658. The Balaban J connectivity index is 2.09. The topological polar surface area (TPSA) is 49.7 Å². The number of aldehydes is 1. The van der Waals surface area contributed by atoms with E-state index in [1.807, 2.05) is 48.2 Å². The van der Waals surface area contributed by atoms with E-state index in [9.17, 15) is 9.59 Å². The van der Waals surface area contributed by atoms with Crippen molar-refractivity contribution in [1.82, 2.24) is 4.90 Å². The Morgan fingerprint density at radius 2 is 1.69 bits per heavy atom. The highest BCUT2D eigenvalue weighted by atomic mass is 35.5. The number of carbonyl (C=O) groups is 2. The smallest absolute Gasteiger partial charge is 0.212 e. The molecule has 0 spiro atoms. The maximum Gasteiger partial charge on any atom is 0.212 e. The van der Waals surface area contributed by atoms with Crippen molar-refractivity contribution < 1.29 is 9.59 Å². The van der Waals surface area contributed by atoms with Crippen molar-refractivity contribution >= 4 is 41.6 Å². The predicted octanol–water partition coefficient (Wildman–Crippen LogP) is 8.16. The summed E-state index contributed by atoms with van der Waals surface area (Å²) in [4.78, 5) is 31.2. The second kappa shape index (κ2) is 12.2. The van der Waals surface area contributed by atoms with E-state index in [0.29, 0.717) is 27.4 Å². The van der Waals surface area contributed by atoms with Crippen LogP contribution in [0.4, 0.5) is 0 Å². The normalized spacial score (nSPS) is 21.6. The van der Waals surface area contributed by atoms with Gasteiger partial charge in [-0.3, -0.25) is 14.6 Å². The van der Waals surface area contributed by atoms with E-state index in [1.165, 1.54) is 0 Å². The molecule has 6 heteroatoms. The predicted molar refractivity (Wildman–Crippen MR) is 146 cm³/mol. The fraction of sp³-hybridized carbons (Fsp3) is 0.483. The Bertz CT molecular complexity index is 1020. The molecular formula is C29H36Cl2N2O2. The molecular weight excluding hydrogens is 479 g/mol. The summed E-state index contributed by atoms with van der Waals surface area (Å²) >= 11 is 12.6. The number of hydrogen-bond acceptors (Lipinski definition) is 3. The van der Waals surface area contributed by atoms with Crippen LogP contribution in [0, 0.1) is 11.8 Å². The van der Waals surface area contributed by atoms with Crippen molar-refractivity contribution in [3.63, 3.8) is 0 Å². The van der Waals surface area contributed by atoms with Gasteiger partial charge in [-0.15, -0.1) is 0 Å². The van der Waals surface area contributed by atoms with Gasteiger partial charge in [-0.25, -0.2) is 0 Å². The fourth-order valence-corrected chi connectivity index (χ4v) is 5.86. The molecule has 0 heterocycles. The molecule has 0 radical (unpaired) electrons. The Labute approximate surface area is 219 Å². The molecule has 1 aliphatic rings. The van der Waals surface area contributed by atoms with Crippen LogP contribution in [0.3, 0.4) is 0 Å². The van der Waals surface area contributed by atoms with Gasteiger partial charge in [-0.05, 0) is 80.2 Å². The molecule has 35 heavy (non-hydrogen) atoms. The Hall–Kier alpha value is -2.17. The van der Waals surface area contributed by atoms with E-state index in [2.05, 4.69) is 20.8 Å². The molecule has 1 fully saturated rings. The van der Waals surface area contributed by atoms with Crippen LogP contribution >= 0.6 is 23.2 Å². The lowest BCUT2D eigenvalue weighted by Gasteiger charge is -2.48. The first-order valence-corrected chi connectivity index (χ1v) is 13.3. The average Bonchev–Trinajstić information content (AvgIpc) is 2.83. The molecule has 2 aromatic carbocycles. The first-order chi connectivity index (χ1) is 16.7. The van der Waals surface area contributed by atoms with Crippen molar-refractivity contribution in [2.75, 3.05) is 0 Å². The van der Waals surface area contributed by atoms with Gasteiger partial charge in [0.1, 0.15) is 11.9 Å². The first kappa shape index (κ1) is 27.4. The zero-order valence-electron chi connectivity index (χ0n) is 21.1. The van der Waals surface area contributed by atoms with Gasteiger partial charge >= 0.3 is 0 Å². The number of hydrogen-bond donors (Lipinski definition) is 0. The second-order valence-corrected chi connectivity index (χ2v) is 10.9. The Morgan fingerprint density at radius 1 is 1.09 bits per heavy atom. The SMILES string of the molecule is CCCC(c1ccc(C=O)cc1)N(C=O)C1(/N=C(\C)c2cc(Cl)cc(Cl)c2)CCC(C(C)C)CC1. The molecule has 0 aliphatic heterocycles. The maximum atomic E-state index is 12.8. The molecule has 3 rings (SSSR count). The number of amides is 1. The largest absolute Gasteiger partial charge is 0.313 e. The average molecular weight is 516 g/mol. The van der Waals surface area contributed by atoms with Gasteiger partial charge in [-0.1, -0.05) is 74.7 Å². The molecule has 2 aromatic rings. The van der Waals surface area contributed by atoms with E-state index in [0.717, 1.165) is 68.1 Å². The van der Waals surface area contributed by atoms with Gasteiger partial charge in [-0.2, -0.15) is 0 Å². The summed E-state index contributed by atoms with van der Waals surface area (Å²) in [5.74, 6) is 1.21. The van der Waals surface area contributed by atoms with Crippen molar-refractivity contribution in [3.8, 4) is 0 Å². The van der Waals surface area contributed by atoms with Crippen molar-refractivity contribution in [1.29, 1.82) is 0 Å². The van der Waals surface area contributed by atoms with Crippen molar-refractivity contribution in [2.45, 2.75) is 77.9 Å². The molecule has 1 atom stereocenters. The number of rotatable bonds is 10. The van der Waals surface area contributed by atoms with Crippen LogP contribution in [0.5, 0.6) is 0 Å².